The highest BCUT2D eigenvalue weighted by Crippen LogP contribution is 2.40. The molecule has 2 heterocycles. The number of nitrogens with one attached hydrogen (secondary N) is 1. The maximum absolute atomic E-state index is 3.64. The van der Waals surface area contributed by atoms with Gasteiger partial charge in [-0.2, -0.15) is 0 Å². The maximum atomic E-state index is 3.64. The Balaban J connectivity index is 2.34. The summed E-state index contributed by atoms with van der Waals surface area (Å²) in [6.45, 7) is 5.35. The average Bonchev–Trinajstić information content (AvgIpc) is 2.85. The van der Waals surface area contributed by atoms with Gasteiger partial charge in [-0.15, -0.1) is 22.7 Å². The molecule has 0 aliphatic carbocycles. The second-order valence-corrected chi connectivity index (χ2v) is 9.92. The lowest BCUT2D eigenvalue weighted by Gasteiger charge is -2.15. The SMILES string of the molecule is CCCNC(c1cc(C)c(Br)s1)c1cc(Br)c(Br)s1. The van der Waals surface area contributed by atoms with Crippen molar-refractivity contribution in [1.82, 2.24) is 5.32 Å². The third-order valence-corrected chi connectivity index (χ3v) is 8.23. The summed E-state index contributed by atoms with van der Waals surface area (Å²) < 4.78 is 3.50. The number of rotatable bonds is 5. The lowest BCUT2D eigenvalue weighted by molar-refractivity contribution is 0.613. The Morgan fingerprint density at radius 3 is 2.21 bits per heavy atom. The Morgan fingerprint density at radius 1 is 1.11 bits per heavy atom. The zero-order valence-corrected chi connectivity index (χ0v) is 17.0. The van der Waals surface area contributed by atoms with Gasteiger partial charge in [0, 0.05) is 14.2 Å². The van der Waals surface area contributed by atoms with Crippen LogP contribution in [0.1, 0.15) is 34.7 Å². The number of aryl methyl sites for hydroxylation is 1. The summed E-state index contributed by atoms with van der Waals surface area (Å²) in [5.74, 6) is 0. The van der Waals surface area contributed by atoms with Gasteiger partial charge in [0.2, 0.25) is 0 Å². The van der Waals surface area contributed by atoms with E-state index in [2.05, 4.69) is 79.1 Å². The molecule has 1 unspecified atom stereocenters. The quantitative estimate of drug-likeness (QED) is 0.508. The Bertz CT molecular complexity index is 477. The number of thiophene rings is 2. The summed E-state index contributed by atoms with van der Waals surface area (Å²) in [7, 11) is 0. The van der Waals surface area contributed by atoms with Crippen molar-refractivity contribution in [1.29, 1.82) is 0 Å². The van der Waals surface area contributed by atoms with Crippen LogP contribution in [0.2, 0.25) is 0 Å². The molecule has 6 heteroatoms. The molecule has 2 aromatic rings. The molecule has 0 saturated heterocycles. The number of hydrogen-bond donors (Lipinski definition) is 1. The van der Waals surface area contributed by atoms with Gasteiger partial charge in [-0.3, -0.25) is 0 Å². The van der Waals surface area contributed by atoms with E-state index in [1.165, 1.54) is 19.1 Å². The minimum atomic E-state index is 0.280. The fourth-order valence-electron chi connectivity index (χ4n) is 1.76. The highest BCUT2D eigenvalue weighted by atomic mass is 79.9. The van der Waals surface area contributed by atoms with Gasteiger partial charge >= 0.3 is 0 Å². The van der Waals surface area contributed by atoms with Crippen LogP contribution in [0.4, 0.5) is 0 Å². The van der Waals surface area contributed by atoms with Gasteiger partial charge in [0.25, 0.3) is 0 Å². The van der Waals surface area contributed by atoms with Crippen LogP contribution in [-0.4, -0.2) is 6.54 Å². The van der Waals surface area contributed by atoms with Crippen molar-refractivity contribution in [2.24, 2.45) is 0 Å². The van der Waals surface area contributed by atoms with Gasteiger partial charge < -0.3 is 5.32 Å². The van der Waals surface area contributed by atoms with Crippen molar-refractivity contribution in [2.75, 3.05) is 6.54 Å². The minimum Gasteiger partial charge on any atom is -0.305 e. The Morgan fingerprint density at radius 2 is 1.74 bits per heavy atom. The van der Waals surface area contributed by atoms with Gasteiger partial charge in [0.1, 0.15) is 0 Å². The van der Waals surface area contributed by atoms with E-state index in [1.807, 2.05) is 11.3 Å². The summed E-state index contributed by atoms with van der Waals surface area (Å²) in [4.78, 5) is 2.69. The smallest absolute Gasteiger partial charge is 0.0843 e. The second-order valence-electron chi connectivity index (χ2n) is 4.26. The standard InChI is InChI=1S/C13H14Br3NS2/c1-3-4-17-11(9-5-7(2)12(15)18-9)10-6-8(14)13(16)19-10/h5-6,11,17H,3-4H2,1-2H3. The summed E-state index contributed by atoms with van der Waals surface area (Å²) >= 11 is 14.4. The normalized spacial score (nSPS) is 12.9. The zero-order valence-electron chi connectivity index (χ0n) is 10.6. The molecule has 0 bridgehead atoms. The van der Waals surface area contributed by atoms with E-state index in [4.69, 9.17) is 0 Å². The molecule has 2 rings (SSSR count). The fraction of sp³-hybridized carbons (Fsp3) is 0.385. The van der Waals surface area contributed by atoms with Crippen LogP contribution in [0.15, 0.2) is 24.2 Å². The Kier molecular flexibility index (Phi) is 6.11. The van der Waals surface area contributed by atoms with Crippen molar-refractivity contribution >= 4 is 70.5 Å². The Labute approximate surface area is 147 Å². The van der Waals surface area contributed by atoms with E-state index in [0.29, 0.717) is 0 Å². The van der Waals surface area contributed by atoms with E-state index >= 15 is 0 Å². The van der Waals surface area contributed by atoms with E-state index in [-0.39, 0.29) is 6.04 Å². The largest absolute Gasteiger partial charge is 0.305 e. The molecule has 0 fully saturated rings. The molecule has 0 saturated carbocycles. The number of hydrogen-bond acceptors (Lipinski definition) is 3. The molecule has 2 aromatic heterocycles. The highest BCUT2D eigenvalue weighted by molar-refractivity contribution is 9.13. The van der Waals surface area contributed by atoms with E-state index in [1.54, 1.807) is 11.3 Å². The van der Waals surface area contributed by atoms with Crippen LogP contribution in [0.3, 0.4) is 0 Å². The molecule has 0 aromatic carbocycles. The molecule has 0 aliphatic heterocycles. The second kappa shape index (κ2) is 7.18. The Hall–Kier alpha value is 0.800. The molecular formula is C13H14Br3NS2. The van der Waals surface area contributed by atoms with Crippen LogP contribution in [0.5, 0.6) is 0 Å². The molecule has 1 atom stereocenters. The van der Waals surface area contributed by atoms with Crippen LogP contribution >= 0.6 is 70.5 Å². The topological polar surface area (TPSA) is 12.0 Å². The molecule has 0 radical (unpaired) electrons. The first-order chi connectivity index (χ1) is 9.02. The summed E-state index contributed by atoms with van der Waals surface area (Å²) in [5, 5.41) is 3.64. The van der Waals surface area contributed by atoms with Gasteiger partial charge in [0.15, 0.2) is 0 Å². The first kappa shape index (κ1) is 16.2. The van der Waals surface area contributed by atoms with Crippen LogP contribution in [0, 0.1) is 6.92 Å². The molecular weight excluding hydrogens is 474 g/mol. The summed E-state index contributed by atoms with van der Waals surface area (Å²) in [6, 6.07) is 4.75. The lowest BCUT2D eigenvalue weighted by atomic mass is 10.2. The van der Waals surface area contributed by atoms with Gasteiger partial charge in [-0.05, 0) is 85.4 Å². The summed E-state index contributed by atoms with van der Waals surface area (Å²) in [6.07, 6.45) is 1.13. The molecule has 0 amide bonds. The maximum Gasteiger partial charge on any atom is 0.0843 e. The lowest BCUT2D eigenvalue weighted by Crippen LogP contribution is -2.21. The van der Waals surface area contributed by atoms with Crippen molar-refractivity contribution in [3.63, 3.8) is 0 Å². The van der Waals surface area contributed by atoms with Crippen LogP contribution < -0.4 is 5.32 Å². The van der Waals surface area contributed by atoms with Crippen molar-refractivity contribution in [3.8, 4) is 0 Å². The van der Waals surface area contributed by atoms with Crippen molar-refractivity contribution in [3.05, 3.63) is 39.5 Å². The van der Waals surface area contributed by atoms with Crippen molar-refractivity contribution in [2.45, 2.75) is 26.3 Å². The summed E-state index contributed by atoms with van der Waals surface area (Å²) in [5.41, 5.74) is 1.30. The predicted molar refractivity (Wildman–Crippen MR) is 96.6 cm³/mol. The van der Waals surface area contributed by atoms with Gasteiger partial charge in [-0.1, -0.05) is 6.92 Å². The highest BCUT2D eigenvalue weighted by Gasteiger charge is 2.20. The predicted octanol–water partition coefficient (Wildman–Crippen LogP) is 6.49. The molecule has 104 valence electrons. The molecule has 1 nitrogen and oxygen atoms in total. The average molecular weight is 488 g/mol. The number of halogens is 3. The molecule has 1 N–H and O–H groups in total. The van der Waals surface area contributed by atoms with Crippen LogP contribution in [-0.2, 0) is 0 Å². The first-order valence-corrected chi connectivity index (χ1v) is 9.98. The van der Waals surface area contributed by atoms with Gasteiger partial charge in [0.05, 0.1) is 13.6 Å². The van der Waals surface area contributed by atoms with Crippen molar-refractivity contribution < 1.29 is 0 Å². The monoisotopic (exact) mass is 485 g/mol. The molecule has 0 spiro atoms. The van der Waals surface area contributed by atoms with Crippen LogP contribution in [0.25, 0.3) is 0 Å². The molecule has 19 heavy (non-hydrogen) atoms. The fourth-order valence-corrected chi connectivity index (χ4v) is 5.69. The van der Waals surface area contributed by atoms with Gasteiger partial charge in [-0.25, -0.2) is 0 Å². The third kappa shape index (κ3) is 3.92. The van der Waals surface area contributed by atoms with E-state index < -0.39 is 0 Å². The van der Waals surface area contributed by atoms with E-state index in [0.717, 1.165) is 21.2 Å². The third-order valence-electron chi connectivity index (χ3n) is 2.71. The minimum absolute atomic E-state index is 0.280. The van der Waals surface area contributed by atoms with E-state index in [9.17, 15) is 0 Å². The zero-order chi connectivity index (χ0) is 14.0. The molecule has 0 aliphatic rings. The first-order valence-electron chi connectivity index (χ1n) is 5.96.